The molecule has 0 saturated heterocycles. The summed E-state index contributed by atoms with van der Waals surface area (Å²) in [6, 6.07) is 30.4. The Bertz CT molecular complexity index is 2220. The first-order valence-corrected chi connectivity index (χ1v) is 15.3. The maximum Gasteiger partial charge on any atom is 2.00 e. The van der Waals surface area contributed by atoms with Gasteiger partial charge < -0.3 is 29.9 Å². The Morgan fingerprint density at radius 3 is 1.33 bits per heavy atom. The molecule has 0 unspecified atom stereocenters. The van der Waals surface area contributed by atoms with E-state index in [1.807, 2.05) is 74.8 Å². The summed E-state index contributed by atoms with van der Waals surface area (Å²) in [6.45, 7) is 4.53. The Kier molecular flexibility index (Phi) is 12.1. The van der Waals surface area contributed by atoms with E-state index in [1.54, 1.807) is 24.3 Å². The molecule has 0 aliphatic carbocycles. The molecule has 0 fully saturated rings. The van der Waals surface area contributed by atoms with Crippen molar-refractivity contribution in [2.45, 2.75) is 13.8 Å². The summed E-state index contributed by atoms with van der Waals surface area (Å²) in [7, 11) is 0. The predicted molar refractivity (Wildman–Crippen MR) is 187 cm³/mol. The number of aromatic nitrogens is 8. The first-order chi connectivity index (χ1) is 24.5. The SMILES string of the molecule is Cc1cc(-c2nccc3ccccc23)[n-]n1.Cc1cc(-c2nccc3ccccc23)[n-]n1.O=COc1ccnc(-c2cc(OC=O)ccn2)c1.[Ru+2]. The minimum Gasteiger partial charge on any atom is -0.573 e. The first-order valence-electron chi connectivity index (χ1n) is 15.3. The monoisotopic (exact) mass is 762 g/mol. The predicted octanol–water partition coefficient (Wildman–Crippen LogP) is 6.34. The first kappa shape index (κ1) is 35.8. The molecular weight excluding hydrogens is 734 g/mol. The Morgan fingerprint density at radius 1 is 0.529 bits per heavy atom. The van der Waals surface area contributed by atoms with E-state index in [2.05, 4.69) is 64.6 Å². The van der Waals surface area contributed by atoms with Gasteiger partial charge >= 0.3 is 19.5 Å². The van der Waals surface area contributed by atoms with Crippen LogP contribution in [-0.2, 0) is 29.1 Å². The number of hydrogen-bond donors (Lipinski definition) is 0. The number of ether oxygens (including phenoxy) is 2. The van der Waals surface area contributed by atoms with E-state index in [1.165, 1.54) is 23.2 Å². The molecule has 0 amide bonds. The zero-order valence-electron chi connectivity index (χ0n) is 27.3. The van der Waals surface area contributed by atoms with Crippen LogP contribution in [0.3, 0.4) is 0 Å². The topological polar surface area (TPSA) is 158 Å². The normalized spacial score (nSPS) is 10.2. The van der Waals surface area contributed by atoms with Gasteiger partial charge in [-0.05, 0) is 48.9 Å². The molecule has 0 aliphatic rings. The van der Waals surface area contributed by atoms with Crippen molar-refractivity contribution in [2.75, 3.05) is 0 Å². The Labute approximate surface area is 305 Å². The van der Waals surface area contributed by atoms with Gasteiger partial charge in [0.25, 0.3) is 12.9 Å². The molecule has 12 nitrogen and oxygen atoms in total. The number of nitrogens with zero attached hydrogens (tertiary/aromatic N) is 8. The van der Waals surface area contributed by atoms with Crippen LogP contribution in [0.2, 0.25) is 0 Å². The molecule has 13 heteroatoms. The second-order valence-electron chi connectivity index (χ2n) is 10.7. The summed E-state index contributed by atoms with van der Waals surface area (Å²) in [4.78, 5) is 37.4. The van der Waals surface area contributed by atoms with Crippen molar-refractivity contribution in [1.29, 1.82) is 0 Å². The summed E-state index contributed by atoms with van der Waals surface area (Å²) in [6.07, 6.45) is 6.59. The number of pyridine rings is 4. The molecule has 8 aromatic rings. The number of fused-ring (bicyclic) bond motifs is 2. The summed E-state index contributed by atoms with van der Waals surface area (Å²) in [5.74, 6) is 0.719. The number of aryl methyl sites for hydroxylation is 2. The minimum absolute atomic E-state index is 0. The number of carbonyl (C=O) groups is 2. The average Bonchev–Trinajstić information content (AvgIpc) is 3.80. The van der Waals surface area contributed by atoms with Gasteiger partial charge in [-0.15, -0.1) is 0 Å². The molecule has 0 spiro atoms. The molecule has 6 aromatic heterocycles. The molecule has 51 heavy (non-hydrogen) atoms. The van der Waals surface area contributed by atoms with Gasteiger partial charge in [-0.25, -0.2) is 0 Å². The van der Waals surface area contributed by atoms with E-state index in [9.17, 15) is 9.59 Å². The molecule has 0 aliphatic heterocycles. The quantitative estimate of drug-likeness (QED) is 0.131. The zero-order valence-corrected chi connectivity index (χ0v) is 29.0. The molecular formula is C38H28N8O4Ru. The van der Waals surface area contributed by atoms with Gasteiger partial charge in [0.15, 0.2) is 0 Å². The molecule has 0 bridgehead atoms. The van der Waals surface area contributed by atoms with Crippen molar-refractivity contribution in [1.82, 2.24) is 40.3 Å². The maximum absolute atomic E-state index is 10.2. The zero-order chi connectivity index (χ0) is 34.7. The summed E-state index contributed by atoms with van der Waals surface area (Å²) in [5.41, 5.74) is 6.34. The van der Waals surface area contributed by atoms with E-state index in [0.717, 1.165) is 44.9 Å². The van der Waals surface area contributed by atoms with Gasteiger partial charge in [-0.2, -0.15) is 0 Å². The molecule has 0 atom stereocenters. The molecule has 0 N–H and O–H groups in total. The van der Waals surface area contributed by atoms with E-state index >= 15 is 0 Å². The Morgan fingerprint density at radius 2 is 0.941 bits per heavy atom. The van der Waals surface area contributed by atoms with E-state index in [-0.39, 0.29) is 19.5 Å². The molecule has 252 valence electrons. The van der Waals surface area contributed by atoms with Crippen LogP contribution in [0, 0.1) is 13.8 Å². The van der Waals surface area contributed by atoms with Gasteiger partial charge in [-0.3, -0.25) is 29.5 Å². The van der Waals surface area contributed by atoms with Crippen LogP contribution in [-0.4, -0.2) is 43.1 Å². The Balaban J connectivity index is 0.000000147. The van der Waals surface area contributed by atoms with Crippen LogP contribution in [0.25, 0.3) is 55.7 Å². The van der Waals surface area contributed by atoms with Gasteiger partial charge in [0.1, 0.15) is 11.5 Å². The fourth-order valence-corrected chi connectivity index (χ4v) is 5.02. The maximum atomic E-state index is 10.2. The fraction of sp³-hybridized carbons (Fsp3) is 0.0526. The number of carbonyl (C=O) groups excluding carboxylic acids is 2. The molecule has 2 aromatic carbocycles. The largest absolute Gasteiger partial charge is 2.00 e. The summed E-state index contributed by atoms with van der Waals surface area (Å²) < 4.78 is 9.42. The van der Waals surface area contributed by atoms with E-state index in [0.29, 0.717) is 35.8 Å². The van der Waals surface area contributed by atoms with Crippen molar-refractivity contribution in [3.63, 3.8) is 0 Å². The third-order valence-corrected chi connectivity index (χ3v) is 7.25. The number of rotatable bonds is 7. The van der Waals surface area contributed by atoms with E-state index in [4.69, 9.17) is 9.47 Å². The van der Waals surface area contributed by atoms with Crippen LogP contribution in [0.4, 0.5) is 0 Å². The fourth-order valence-electron chi connectivity index (χ4n) is 5.02. The molecule has 0 radical (unpaired) electrons. The molecule has 0 saturated carbocycles. The summed E-state index contributed by atoms with van der Waals surface area (Å²) >= 11 is 0. The van der Waals surface area contributed by atoms with Crippen LogP contribution in [0.1, 0.15) is 11.4 Å². The smallest absolute Gasteiger partial charge is 0.573 e. The van der Waals surface area contributed by atoms with Gasteiger partial charge in [-0.1, -0.05) is 72.1 Å². The van der Waals surface area contributed by atoms with Crippen LogP contribution >= 0.6 is 0 Å². The number of hydrogen-bond acceptors (Lipinski definition) is 10. The van der Waals surface area contributed by atoms with Crippen molar-refractivity contribution in [3.05, 3.63) is 133 Å². The van der Waals surface area contributed by atoms with Gasteiger partial charge in [0.2, 0.25) is 0 Å². The van der Waals surface area contributed by atoms with Crippen molar-refractivity contribution in [2.24, 2.45) is 0 Å². The molecule has 8 rings (SSSR count). The number of benzene rings is 2. The van der Waals surface area contributed by atoms with E-state index < -0.39 is 0 Å². The summed E-state index contributed by atoms with van der Waals surface area (Å²) in [5, 5.41) is 20.8. The minimum atomic E-state index is 0. The average molecular weight is 762 g/mol. The third-order valence-electron chi connectivity index (χ3n) is 7.25. The van der Waals surface area contributed by atoms with Crippen LogP contribution < -0.4 is 19.7 Å². The third kappa shape index (κ3) is 8.97. The van der Waals surface area contributed by atoms with Crippen LogP contribution in [0.15, 0.2) is 122 Å². The van der Waals surface area contributed by atoms with Crippen molar-refractivity contribution >= 4 is 34.5 Å². The second-order valence-corrected chi connectivity index (χ2v) is 10.7. The Hall–Kier alpha value is -6.46. The van der Waals surface area contributed by atoms with Crippen molar-refractivity contribution < 1.29 is 38.5 Å². The molecule has 6 heterocycles. The second kappa shape index (κ2) is 17.3. The van der Waals surface area contributed by atoms with Crippen LogP contribution in [0.5, 0.6) is 11.5 Å². The van der Waals surface area contributed by atoms with Gasteiger partial charge in [0, 0.05) is 59.1 Å². The standard InChI is InChI=1S/2C13H10N3.C12H8N2O4.Ru/c2*1-9-8-12(16-15-9)13-11-5-3-2-4-10(11)6-7-14-13;15-7-17-9-1-3-13-11(5-9)12-6-10(18-8-16)2-4-14-12;/h2*2-8H,1H3;1-8H;/q2*-1;;+2. The van der Waals surface area contributed by atoms with Crippen molar-refractivity contribution in [3.8, 4) is 45.7 Å². The van der Waals surface area contributed by atoms with Gasteiger partial charge in [0.05, 0.1) is 22.8 Å².